The molecular weight excluding hydrogens is 305 g/mol. The maximum Gasteiger partial charge on any atom is 0.129 e. The van der Waals surface area contributed by atoms with E-state index in [1.165, 1.54) is 6.07 Å². The van der Waals surface area contributed by atoms with Gasteiger partial charge in [0.05, 0.1) is 5.02 Å². The first-order valence-corrected chi connectivity index (χ1v) is 7.00. The Labute approximate surface area is 116 Å². The fourth-order valence-corrected chi connectivity index (χ4v) is 2.63. The number of hydrogen-bond acceptors (Lipinski definition) is 1. The minimum absolute atomic E-state index is 0.000509. The summed E-state index contributed by atoms with van der Waals surface area (Å²) in [5.74, 6) is 0.153. The molecule has 0 aromatic heterocycles. The molecule has 96 valence electrons. The Morgan fingerprint density at radius 2 is 2.12 bits per heavy atom. The third-order valence-electron chi connectivity index (χ3n) is 3.00. The molecule has 0 saturated heterocycles. The highest BCUT2D eigenvalue weighted by molar-refractivity contribution is 9.10. The fraction of sp³-hybridized carbons (Fsp3) is 0.538. The van der Waals surface area contributed by atoms with Crippen molar-refractivity contribution in [2.75, 3.05) is 7.05 Å². The quantitative estimate of drug-likeness (QED) is 0.757. The van der Waals surface area contributed by atoms with E-state index in [-0.39, 0.29) is 11.9 Å². The average Bonchev–Trinajstić information content (AvgIpc) is 2.26. The van der Waals surface area contributed by atoms with Gasteiger partial charge in [-0.3, -0.25) is 0 Å². The van der Waals surface area contributed by atoms with Gasteiger partial charge in [0.15, 0.2) is 0 Å². The molecule has 2 unspecified atom stereocenters. The van der Waals surface area contributed by atoms with Gasteiger partial charge in [-0.15, -0.1) is 0 Å². The Morgan fingerprint density at radius 3 is 2.65 bits per heavy atom. The first-order valence-electron chi connectivity index (χ1n) is 5.83. The Hall–Kier alpha value is -0.120. The lowest BCUT2D eigenvalue weighted by molar-refractivity contribution is 0.372. The van der Waals surface area contributed by atoms with Crippen LogP contribution in [-0.4, -0.2) is 7.05 Å². The van der Waals surface area contributed by atoms with Crippen molar-refractivity contribution in [3.05, 3.63) is 33.0 Å². The Morgan fingerprint density at radius 1 is 1.47 bits per heavy atom. The smallest absolute Gasteiger partial charge is 0.129 e. The fourth-order valence-electron chi connectivity index (χ4n) is 2.14. The molecule has 1 aromatic carbocycles. The first-order chi connectivity index (χ1) is 8.01. The molecule has 1 N–H and O–H groups in total. The molecule has 4 heteroatoms. The molecule has 1 rings (SSSR count). The predicted octanol–water partition coefficient (Wildman–Crippen LogP) is 4.94. The molecule has 1 nitrogen and oxygen atoms in total. The van der Waals surface area contributed by atoms with Crippen LogP contribution in [-0.2, 0) is 0 Å². The van der Waals surface area contributed by atoms with Gasteiger partial charge in [0.1, 0.15) is 5.82 Å². The zero-order valence-corrected chi connectivity index (χ0v) is 12.7. The largest absolute Gasteiger partial charge is 0.313 e. The molecular formula is C13H18BrClFN. The van der Waals surface area contributed by atoms with Crippen molar-refractivity contribution in [3.63, 3.8) is 0 Å². The van der Waals surface area contributed by atoms with Gasteiger partial charge in [-0.1, -0.05) is 31.9 Å². The van der Waals surface area contributed by atoms with Crippen LogP contribution in [0.25, 0.3) is 0 Å². The summed E-state index contributed by atoms with van der Waals surface area (Å²) in [5.41, 5.74) is 0.640. The van der Waals surface area contributed by atoms with Crippen molar-refractivity contribution < 1.29 is 4.39 Å². The second kappa shape index (κ2) is 6.72. The SMILES string of the molecule is CCCC(C)C(NC)c1cc(Cl)c(Br)cc1F. The Balaban J connectivity index is 3.07. The van der Waals surface area contributed by atoms with Crippen LogP contribution in [0.4, 0.5) is 4.39 Å². The molecule has 0 fully saturated rings. The molecule has 0 spiro atoms. The summed E-state index contributed by atoms with van der Waals surface area (Å²) in [5, 5.41) is 3.72. The monoisotopic (exact) mass is 321 g/mol. The second-order valence-corrected chi connectivity index (χ2v) is 5.58. The molecule has 0 bridgehead atoms. The highest BCUT2D eigenvalue weighted by atomic mass is 79.9. The van der Waals surface area contributed by atoms with E-state index in [0.717, 1.165) is 12.8 Å². The number of benzene rings is 1. The van der Waals surface area contributed by atoms with Crippen molar-refractivity contribution in [2.45, 2.75) is 32.7 Å². The van der Waals surface area contributed by atoms with Crippen LogP contribution in [0, 0.1) is 11.7 Å². The summed E-state index contributed by atoms with van der Waals surface area (Å²) >= 11 is 9.25. The molecule has 0 radical (unpaired) electrons. The Kier molecular flexibility index (Phi) is 5.90. The Bertz CT molecular complexity index is 384. The molecule has 0 heterocycles. The number of halogens is 3. The van der Waals surface area contributed by atoms with E-state index in [2.05, 4.69) is 35.1 Å². The van der Waals surface area contributed by atoms with Gasteiger partial charge < -0.3 is 5.32 Å². The van der Waals surface area contributed by atoms with E-state index in [4.69, 9.17) is 11.6 Å². The van der Waals surface area contributed by atoms with Gasteiger partial charge in [0.2, 0.25) is 0 Å². The normalized spacial score (nSPS) is 14.7. The molecule has 2 atom stereocenters. The lowest BCUT2D eigenvalue weighted by Gasteiger charge is -2.24. The standard InChI is InChI=1S/C13H18BrClFN/c1-4-5-8(2)13(17-3)9-6-11(15)10(14)7-12(9)16/h6-8,13,17H,4-5H2,1-3H3. The van der Waals surface area contributed by atoms with E-state index >= 15 is 0 Å². The lowest BCUT2D eigenvalue weighted by atomic mass is 9.91. The summed E-state index contributed by atoms with van der Waals surface area (Å²) in [6, 6.07) is 3.13. The average molecular weight is 323 g/mol. The molecule has 1 aromatic rings. The topological polar surface area (TPSA) is 12.0 Å². The van der Waals surface area contributed by atoms with Crippen LogP contribution >= 0.6 is 27.5 Å². The third kappa shape index (κ3) is 3.67. The summed E-state index contributed by atoms with van der Waals surface area (Å²) in [4.78, 5) is 0. The summed E-state index contributed by atoms with van der Waals surface area (Å²) in [7, 11) is 1.85. The van der Waals surface area contributed by atoms with Gasteiger partial charge >= 0.3 is 0 Å². The number of hydrogen-bond donors (Lipinski definition) is 1. The van der Waals surface area contributed by atoms with E-state index in [0.29, 0.717) is 21.0 Å². The minimum atomic E-state index is -0.219. The summed E-state index contributed by atoms with van der Waals surface area (Å²) in [6.07, 6.45) is 2.14. The second-order valence-electron chi connectivity index (χ2n) is 4.32. The molecule has 0 aliphatic heterocycles. The van der Waals surface area contributed by atoms with Crippen molar-refractivity contribution >= 4 is 27.5 Å². The van der Waals surface area contributed by atoms with Crippen molar-refractivity contribution in [1.29, 1.82) is 0 Å². The molecule has 0 aliphatic carbocycles. The van der Waals surface area contributed by atoms with Gasteiger partial charge in [-0.05, 0) is 47.4 Å². The third-order valence-corrected chi connectivity index (χ3v) is 4.20. The highest BCUT2D eigenvalue weighted by Crippen LogP contribution is 2.32. The van der Waals surface area contributed by atoms with Crippen molar-refractivity contribution in [2.24, 2.45) is 5.92 Å². The lowest BCUT2D eigenvalue weighted by Crippen LogP contribution is -2.24. The number of rotatable bonds is 5. The molecule has 0 aliphatic rings. The molecule has 0 saturated carbocycles. The van der Waals surface area contributed by atoms with Crippen LogP contribution in [0.15, 0.2) is 16.6 Å². The zero-order valence-electron chi connectivity index (χ0n) is 10.4. The summed E-state index contributed by atoms with van der Waals surface area (Å²) < 4.78 is 14.5. The number of nitrogens with one attached hydrogen (secondary N) is 1. The van der Waals surface area contributed by atoms with Crippen LogP contribution in [0.1, 0.15) is 38.3 Å². The van der Waals surface area contributed by atoms with Gasteiger partial charge in [-0.2, -0.15) is 0 Å². The molecule has 0 amide bonds. The predicted molar refractivity (Wildman–Crippen MR) is 75.0 cm³/mol. The van der Waals surface area contributed by atoms with Crippen molar-refractivity contribution in [1.82, 2.24) is 5.32 Å². The maximum absolute atomic E-state index is 13.9. The zero-order chi connectivity index (χ0) is 13.0. The summed E-state index contributed by atoms with van der Waals surface area (Å²) in [6.45, 7) is 4.26. The maximum atomic E-state index is 13.9. The van der Waals surface area contributed by atoms with E-state index in [9.17, 15) is 4.39 Å². The van der Waals surface area contributed by atoms with Gasteiger partial charge in [-0.25, -0.2) is 4.39 Å². The van der Waals surface area contributed by atoms with Crippen LogP contribution in [0.2, 0.25) is 5.02 Å². The minimum Gasteiger partial charge on any atom is -0.313 e. The van der Waals surface area contributed by atoms with E-state index in [1.54, 1.807) is 6.07 Å². The van der Waals surface area contributed by atoms with Crippen LogP contribution in [0.5, 0.6) is 0 Å². The van der Waals surface area contributed by atoms with Crippen LogP contribution < -0.4 is 5.32 Å². The van der Waals surface area contributed by atoms with Gasteiger partial charge in [0.25, 0.3) is 0 Å². The van der Waals surface area contributed by atoms with E-state index < -0.39 is 0 Å². The molecule has 17 heavy (non-hydrogen) atoms. The highest BCUT2D eigenvalue weighted by Gasteiger charge is 2.21. The van der Waals surface area contributed by atoms with Crippen LogP contribution in [0.3, 0.4) is 0 Å². The van der Waals surface area contributed by atoms with E-state index in [1.807, 2.05) is 7.05 Å². The van der Waals surface area contributed by atoms with Gasteiger partial charge in [0, 0.05) is 16.1 Å². The first kappa shape index (κ1) is 14.9. The van der Waals surface area contributed by atoms with Crippen molar-refractivity contribution in [3.8, 4) is 0 Å².